The lowest BCUT2D eigenvalue weighted by molar-refractivity contribution is -0.193. The second kappa shape index (κ2) is 24.8. The van der Waals surface area contributed by atoms with Crippen molar-refractivity contribution in [1.82, 2.24) is 29.6 Å². The topological polar surface area (TPSA) is 238 Å². The normalized spacial score (nSPS) is 13.5. The third-order valence-electron chi connectivity index (χ3n) is 5.89. The minimum absolute atomic E-state index is 0.0550. The first-order valence-electron chi connectivity index (χ1n) is 16.4. The summed E-state index contributed by atoms with van der Waals surface area (Å²) in [6, 6.07) is 2.64. The number of carbonyl (C=O) groups is 2. The summed E-state index contributed by atoms with van der Waals surface area (Å²) in [7, 11) is -2.41. The van der Waals surface area contributed by atoms with Crippen LogP contribution >= 0.6 is 54.1 Å². The Morgan fingerprint density at radius 2 is 1.76 bits per heavy atom. The van der Waals surface area contributed by atoms with E-state index in [1.807, 2.05) is 18.5 Å². The van der Waals surface area contributed by atoms with E-state index >= 15 is 0 Å². The Morgan fingerprint density at radius 1 is 1.16 bits per heavy atom. The number of hydrogen-bond donors (Lipinski definition) is 5. The van der Waals surface area contributed by atoms with Crippen molar-refractivity contribution < 1.29 is 38.2 Å². The Labute approximate surface area is 340 Å². The van der Waals surface area contributed by atoms with E-state index in [1.54, 1.807) is 9.36 Å². The molecule has 3 heterocycles. The summed E-state index contributed by atoms with van der Waals surface area (Å²) in [5.41, 5.74) is 0.0278. The number of methoxy groups -OCH3 is 1. The van der Waals surface area contributed by atoms with Gasteiger partial charge in [0.15, 0.2) is 5.16 Å². The standard InChI is InChI=1S/C15H15ClFN3O3S2.C10H19N5S.C3H8NO5P.C3H9S/c1-23-13(21)8-24-12-7-11(10(17)6-9(12)16)18-14-19-4-2-3-5-20(19)15(22)25-14;1-6-11-7-12-8(15-10(2,3)4)14-9(13-7)16-5;5-3(6)1-4-2-10(7,8)9;1-4(2)3/h6-7H,2-5,8H2,1H3;6H2,1-5H3,(H2,11,12,13,14,15);4H,1-2H2,(H,5,6)(H2,7,8,9);1-3H3/q;;;+1/p-1/b18-14-;;;. The molecule has 1 atom stereocenters. The summed E-state index contributed by atoms with van der Waals surface area (Å²) in [5, 5.41) is 17.2. The average Bonchev–Trinajstić information content (AvgIpc) is 3.38. The number of aromatic nitrogens is 5. The Morgan fingerprint density at radius 3 is 2.29 bits per heavy atom. The van der Waals surface area contributed by atoms with Gasteiger partial charge in [0, 0.05) is 30.1 Å². The minimum atomic E-state index is -4.35. The molecule has 1 aliphatic rings. The zero-order chi connectivity index (χ0) is 41.9. The van der Waals surface area contributed by atoms with E-state index < -0.39 is 38.2 Å². The Hall–Kier alpha value is -2.69. The highest BCUT2D eigenvalue weighted by molar-refractivity contribution is 8.00. The van der Waals surface area contributed by atoms with Crippen molar-refractivity contribution >= 4 is 94.5 Å². The van der Waals surface area contributed by atoms with Crippen molar-refractivity contribution in [2.75, 3.05) is 67.9 Å². The van der Waals surface area contributed by atoms with Gasteiger partial charge in [0.05, 0.1) is 49.5 Å². The molecule has 0 saturated heterocycles. The lowest BCUT2D eigenvalue weighted by Crippen LogP contribution is -2.31. The molecule has 3 aromatic rings. The van der Waals surface area contributed by atoms with Crippen molar-refractivity contribution in [2.45, 2.75) is 69.2 Å². The lowest BCUT2D eigenvalue weighted by atomic mass is 10.1. The number of halogens is 2. The van der Waals surface area contributed by atoms with E-state index in [0.29, 0.717) is 45.6 Å². The van der Waals surface area contributed by atoms with Gasteiger partial charge < -0.3 is 34.8 Å². The van der Waals surface area contributed by atoms with Gasteiger partial charge >= 0.3 is 16.8 Å². The number of esters is 1. The van der Waals surface area contributed by atoms with Gasteiger partial charge in [-0.15, -0.1) is 11.8 Å². The SMILES string of the molecule is CCNc1nc(NC(C)(C)C)nc(SC)n1.COC(=O)CSc1cc(/N=c2\sc(=O)n3n2CCCC3)c(F)cc1Cl.C[S+](C)C.O=C(O)CNCP(=O)([O-])O. The van der Waals surface area contributed by atoms with Crippen LogP contribution in [-0.2, 0) is 42.9 Å². The number of nitrogens with zero attached hydrogens (tertiary/aromatic N) is 6. The van der Waals surface area contributed by atoms with Crippen molar-refractivity contribution in [3.63, 3.8) is 0 Å². The van der Waals surface area contributed by atoms with Crippen LogP contribution in [0.15, 0.2) is 32.0 Å². The first-order chi connectivity index (χ1) is 25.6. The second-order valence-corrected chi connectivity index (χ2v) is 19.7. The molecule has 0 spiro atoms. The molecule has 310 valence electrons. The molecular formula is C31H50ClFN9O8PS4. The van der Waals surface area contributed by atoms with Crippen LogP contribution in [0.4, 0.5) is 22.0 Å². The number of rotatable bonds is 12. The van der Waals surface area contributed by atoms with E-state index in [0.717, 1.165) is 53.7 Å². The predicted molar refractivity (Wildman–Crippen MR) is 220 cm³/mol. The third-order valence-corrected chi connectivity index (χ3v) is 9.38. The maximum absolute atomic E-state index is 14.3. The summed E-state index contributed by atoms with van der Waals surface area (Å²) >= 11 is 9.68. The molecule has 0 bridgehead atoms. The Kier molecular flexibility index (Phi) is 22.7. The number of ether oxygens (including phenoxy) is 1. The van der Waals surface area contributed by atoms with Gasteiger partial charge in [-0.05, 0) is 81.2 Å². The first kappa shape index (κ1) is 50.3. The molecule has 0 radical (unpaired) electrons. The first-order valence-corrected chi connectivity index (χ1v) is 24.0. The molecule has 55 heavy (non-hydrogen) atoms. The third kappa shape index (κ3) is 21.4. The van der Waals surface area contributed by atoms with Crippen LogP contribution in [0, 0.1) is 5.82 Å². The van der Waals surface area contributed by atoms with Gasteiger partial charge in [0.2, 0.25) is 16.7 Å². The molecule has 4 rings (SSSR count). The summed E-state index contributed by atoms with van der Waals surface area (Å²) in [6.07, 6.45) is 9.72. The second-order valence-electron chi connectivity index (χ2n) is 12.5. The Bertz CT molecular complexity index is 1870. The van der Waals surface area contributed by atoms with Crippen LogP contribution < -0.4 is 30.5 Å². The molecule has 0 amide bonds. The molecule has 24 heteroatoms. The van der Waals surface area contributed by atoms with Gasteiger partial charge in [0.1, 0.15) is 19.1 Å². The van der Waals surface area contributed by atoms with Crippen LogP contribution in [-0.4, -0.2) is 109 Å². The molecule has 1 aromatic carbocycles. The van der Waals surface area contributed by atoms with Crippen molar-refractivity contribution in [3.05, 3.63) is 37.4 Å². The molecule has 1 aliphatic heterocycles. The fraction of sp³-hybridized carbons (Fsp3) is 0.581. The average molecular weight is 890 g/mol. The van der Waals surface area contributed by atoms with Gasteiger partial charge in [0.25, 0.3) is 0 Å². The zero-order valence-corrected chi connectivity index (χ0v) is 37.1. The fourth-order valence-corrected chi connectivity index (χ4v) is 6.55. The summed E-state index contributed by atoms with van der Waals surface area (Å²) in [6.45, 7) is 9.87. The molecule has 0 fully saturated rings. The quantitative estimate of drug-likeness (QED) is 0.0755. The number of carboxylic acids is 1. The van der Waals surface area contributed by atoms with Crippen LogP contribution in [0.3, 0.4) is 0 Å². The van der Waals surface area contributed by atoms with Crippen LogP contribution in [0.2, 0.25) is 5.02 Å². The van der Waals surface area contributed by atoms with Gasteiger partial charge in [-0.2, -0.15) is 15.0 Å². The van der Waals surface area contributed by atoms with E-state index in [2.05, 4.69) is 74.9 Å². The zero-order valence-electron chi connectivity index (χ0n) is 32.2. The fourth-order valence-electron chi connectivity index (χ4n) is 3.81. The van der Waals surface area contributed by atoms with E-state index in [4.69, 9.17) is 21.6 Å². The maximum atomic E-state index is 14.3. The molecule has 0 aliphatic carbocycles. The molecular weight excluding hydrogens is 840 g/mol. The number of fused-ring (bicyclic) bond motifs is 1. The number of carbonyl (C=O) groups excluding carboxylic acids is 1. The predicted octanol–water partition coefficient (Wildman–Crippen LogP) is 3.69. The van der Waals surface area contributed by atoms with Crippen molar-refractivity contribution in [2.24, 2.45) is 4.99 Å². The van der Waals surface area contributed by atoms with E-state index in [1.165, 1.54) is 24.9 Å². The number of carboxylic acid groups (broad SMARTS) is 1. The highest BCUT2D eigenvalue weighted by atomic mass is 35.5. The lowest BCUT2D eigenvalue weighted by Gasteiger charge is -2.20. The number of aliphatic carboxylic acids is 1. The number of thioether (sulfide) groups is 2. The highest BCUT2D eigenvalue weighted by Crippen LogP contribution is 2.33. The summed E-state index contributed by atoms with van der Waals surface area (Å²) in [5.74, 6) is -0.863. The molecule has 0 saturated carbocycles. The van der Waals surface area contributed by atoms with Gasteiger partial charge in [-0.3, -0.25) is 24.4 Å². The van der Waals surface area contributed by atoms with Crippen LogP contribution in [0.25, 0.3) is 0 Å². The molecule has 5 N–H and O–H groups in total. The highest BCUT2D eigenvalue weighted by Gasteiger charge is 2.16. The van der Waals surface area contributed by atoms with Gasteiger partial charge in [-0.25, -0.2) is 14.1 Å². The van der Waals surface area contributed by atoms with E-state index in [-0.39, 0.29) is 26.9 Å². The van der Waals surface area contributed by atoms with Crippen LogP contribution in [0.1, 0.15) is 40.5 Å². The van der Waals surface area contributed by atoms with Crippen LogP contribution in [0.5, 0.6) is 0 Å². The van der Waals surface area contributed by atoms with Gasteiger partial charge in [-0.1, -0.05) is 23.4 Å². The number of nitrogens with one attached hydrogen (secondary N) is 3. The van der Waals surface area contributed by atoms with Crippen molar-refractivity contribution in [1.29, 1.82) is 0 Å². The van der Waals surface area contributed by atoms with E-state index in [9.17, 15) is 28.2 Å². The number of benzene rings is 1. The summed E-state index contributed by atoms with van der Waals surface area (Å²) < 4.78 is 32.2. The number of hydrogen-bond acceptors (Lipinski definition) is 16. The molecule has 1 unspecified atom stereocenters. The maximum Gasteiger partial charge on any atom is 0.325 e. The summed E-state index contributed by atoms with van der Waals surface area (Å²) in [4.78, 5) is 69.1. The largest absolute Gasteiger partial charge is 0.778 e. The monoisotopic (exact) mass is 889 g/mol. The molecule has 2 aromatic heterocycles. The number of anilines is 2. The molecule has 17 nitrogen and oxygen atoms in total. The Balaban J connectivity index is 0.000000431. The smallest absolute Gasteiger partial charge is 0.325 e. The van der Waals surface area contributed by atoms with Crippen molar-refractivity contribution in [3.8, 4) is 0 Å². The minimum Gasteiger partial charge on any atom is -0.778 e.